The maximum absolute atomic E-state index is 4.72. The molecule has 0 aromatic carbocycles. The molecule has 0 aliphatic carbocycles. The largest absolute Gasteiger partial charge is 0.253 e. The fourth-order valence-electron chi connectivity index (χ4n) is 1.90. The van der Waals surface area contributed by atoms with Crippen LogP contribution in [0.4, 0.5) is 0 Å². The second kappa shape index (κ2) is 5.81. The Balaban J connectivity index is 3.50. The molecule has 0 bridgehead atoms. The molecule has 1 rings (SSSR count). The number of hydrogen-bond donors (Lipinski definition) is 0. The number of pyridine rings is 1. The van der Waals surface area contributed by atoms with Gasteiger partial charge in [0.25, 0.3) is 0 Å². The van der Waals surface area contributed by atoms with Crippen LogP contribution in [-0.4, -0.2) is 4.98 Å². The summed E-state index contributed by atoms with van der Waals surface area (Å²) in [5, 5.41) is 0. The first-order valence-electron chi connectivity index (χ1n) is 6.31. The van der Waals surface area contributed by atoms with Gasteiger partial charge in [-0.25, -0.2) is 0 Å². The topological polar surface area (TPSA) is 12.9 Å². The highest BCUT2D eigenvalue weighted by atomic mass is 14.7. The Hall–Kier alpha value is -1.37. The van der Waals surface area contributed by atoms with Crippen LogP contribution in [0.2, 0.25) is 0 Å². The van der Waals surface area contributed by atoms with E-state index in [1.54, 1.807) is 0 Å². The third-order valence-electron chi connectivity index (χ3n) is 2.88. The normalized spacial score (nSPS) is 11.7. The van der Waals surface area contributed by atoms with Crippen molar-refractivity contribution in [1.82, 2.24) is 4.98 Å². The van der Waals surface area contributed by atoms with Gasteiger partial charge in [0.05, 0.1) is 5.69 Å². The van der Waals surface area contributed by atoms with E-state index < -0.39 is 0 Å². The standard InChI is InChI=1S/C16H23N/c1-7-9-15-13(8-2)14(11(3)4)10-16(17-15)12(5)6/h7-12H,2H2,1,3-6H3/b9-7-. The first-order chi connectivity index (χ1) is 8.01. The molecule has 1 aromatic rings. The van der Waals surface area contributed by atoms with Gasteiger partial charge in [-0.2, -0.15) is 0 Å². The fraction of sp³-hybridized carbons (Fsp3) is 0.438. The molecule has 0 atom stereocenters. The zero-order chi connectivity index (χ0) is 13.0. The SMILES string of the molecule is C=Cc1c(C(C)C)cc(C(C)C)nc1/C=C\C. The Morgan fingerprint density at radius 1 is 1.18 bits per heavy atom. The van der Waals surface area contributed by atoms with Crippen molar-refractivity contribution in [2.75, 3.05) is 0 Å². The molecule has 0 aliphatic heterocycles. The summed E-state index contributed by atoms with van der Waals surface area (Å²) in [5.41, 5.74) is 4.71. The quantitative estimate of drug-likeness (QED) is 0.707. The van der Waals surface area contributed by atoms with Gasteiger partial charge in [0.2, 0.25) is 0 Å². The van der Waals surface area contributed by atoms with E-state index in [1.807, 2.05) is 19.1 Å². The Bertz CT molecular complexity index is 425. The number of hydrogen-bond acceptors (Lipinski definition) is 1. The molecule has 0 saturated carbocycles. The van der Waals surface area contributed by atoms with Crippen molar-refractivity contribution in [2.45, 2.75) is 46.5 Å². The molecule has 92 valence electrons. The smallest absolute Gasteiger partial charge is 0.0704 e. The molecule has 0 unspecified atom stereocenters. The van der Waals surface area contributed by atoms with Crippen molar-refractivity contribution >= 4 is 12.2 Å². The first kappa shape index (κ1) is 13.7. The van der Waals surface area contributed by atoms with Crippen LogP contribution in [0.25, 0.3) is 12.2 Å². The minimum Gasteiger partial charge on any atom is -0.253 e. The second-order valence-electron chi connectivity index (χ2n) is 4.95. The van der Waals surface area contributed by atoms with Crippen LogP contribution in [0.5, 0.6) is 0 Å². The molecule has 0 N–H and O–H groups in total. The van der Waals surface area contributed by atoms with E-state index in [0.717, 1.165) is 11.4 Å². The summed E-state index contributed by atoms with van der Waals surface area (Å²) in [4.78, 5) is 4.72. The van der Waals surface area contributed by atoms with Crippen molar-refractivity contribution < 1.29 is 0 Å². The van der Waals surface area contributed by atoms with E-state index in [0.29, 0.717) is 11.8 Å². The van der Waals surface area contributed by atoms with Gasteiger partial charge in [-0.05, 0) is 36.5 Å². The highest BCUT2D eigenvalue weighted by molar-refractivity contribution is 5.65. The van der Waals surface area contributed by atoms with E-state index in [2.05, 4.69) is 46.4 Å². The van der Waals surface area contributed by atoms with E-state index in [-0.39, 0.29) is 0 Å². The van der Waals surface area contributed by atoms with Crippen molar-refractivity contribution in [3.05, 3.63) is 41.2 Å². The minimum atomic E-state index is 0.454. The summed E-state index contributed by atoms with van der Waals surface area (Å²) in [6.45, 7) is 14.7. The van der Waals surface area contributed by atoms with Crippen molar-refractivity contribution in [3.63, 3.8) is 0 Å². The summed E-state index contributed by atoms with van der Waals surface area (Å²) in [6, 6.07) is 2.22. The van der Waals surface area contributed by atoms with E-state index in [9.17, 15) is 0 Å². The van der Waals surface area contributed by atoms with Crippen molar-refractivity contribution in [2.24, 2.45) is 0 Å². The van der Waals surface area contributed by atoms with Gasteiger partial charge < -0.3 is 0 Å². The maximum Gasteiger partial charge on any atom is 0.0704 e. The van der Waals surface area contributed by atoms with Crippen LogP contribution in [0, 0.1) is 0 Å². The van der Waals surface area contributed by atoms with Crippen LogP contribution in [0.1, 0.15) is 69.0 Å². The lowest BCUT2D eigenvalue weighted by atomic mass is 9.93. The Morgan fingerprint density at radius 2 is 1.82 bits per heavy atom. The molecule has 1 aromatic heterocycles. The monoisotopic (exact) mass is 229 g/mol. The van der Waals surface area contributed by atoms with Crippen LogP contribution in [-0.2, 0) is 0 Å². The zero-order valence-electron chi connectivity index (χ0n) is 11.6. The predicted octanol–water partition coefficient (Wildman–Crippen LogP) is 5.00. The zero-order valence-corrected chi connectivity index (χ0v) is 11.6. The molecular formula is C16H23N. The summed E-state index contributed by atoms with van der Waals surface area (Å²) in [5.74, 6) is 0.947. The van der Waals surface area contributed by atoms with E-state index in [4.69, 9.17) is 4.98 Å². The van der Waals surface area contributed by atoms with E-state index >= 15 is 0 Å². The van der Waals surface area contributed by atoms with Gasteiger partial charge in [0.1, 0.15) is 0 Å². The summed E-state index contributed by atoms with van der Waals surface area (Å²) >= 11 is 0. The highest BCUT2D eigenvalue weighted by Gasteiger charge is 2.12. The Labute approximate surface area is 105 Å². The van der Waals surface area contributed by atoms with Crippen LogP contribution < -0.4 is 0 Å². The average Bonchev–Trinajstić information content (AvgIpc) is 2.28. The molecular weight excluding hydrogens is 206 g/mol. The second-order valence-corrected chi connectivity index (χ2v) is 4.95. The predicted molar refractivity (Wildman–Crippen MR) is 77.2 cm³/mol. The first-order valence-corrected chi connectivity index (χ1v) is 6.31. The molecule has 0 saturated heterocycles. The molecule has 1 heteroatoms. The molecule has 0 spiro atoms. The van der Waals surface area contributed by atoms with Gasteiger partial charge in [-0.3, -0.25) is 4.98 Å². The lowest BCUT2D eigenvalue weighted by molar-refractivity contribution is 0.795. The highest BCUT2D eigenvalue weighted by Crippen LogP contribution is 2.27. The Kier molecular flexibility index (Phi) is 4.68. The average molecular weight is 229 g/mol. The van der Waals surface area contributed by atoms with Gasteiger partial charge in [-0.1, -0.05) is 46.4 Å². The molecule has 0 fully saturated rings. The minimum absolute atomic E-state index is 0.454. The third-order valence-corrected chi connectivity index (χ3v) is 2.88. The van der Waals surface area contributed by atoms with Crippen LogP contribution in [0.3, 0.4) is 0 Å². The maximum atomic E-state index is 4.72. The lowest BCUT2D eigenvalue weighted by Gasteiger charge is -2.16. The van der Waals surface area contributed by atoms with Gasteiger partial charge in [0.15, 0.2) is 0 Å². The molecule has 1 nitrogen and oxygen atoms in total. The van der Waals surface area contributed by atoms with Crippen molar-refractivity contribution in [1.29, 1.82) is 0 Å². The Morgan fingerprint density at radius 3 is 2.24 bits per heavy atom. The number of allylic oxidation sites excluding steroid dienone is 1. The molecule has 0 radical (unpaired) electrons. The number of nitrogens with zero attached hydrogens (tertiary/aromatic N) is 1. The molecule has 1 heterocycles. The molecule has 17 heavy (non-hydrogen) atoms. The number of rotatable bonds is 4. The van der Waals surface area contributed by atoms with Crippen molar-refractivity contribution in [3.8, 4) is 0 Å². The van der Waals surface area contributed by atoms with Crippen LogP contribution >= 0.6 is 0 Å². The third kappa shape index (κ3) is 3.06. The molecule has 0 amide bonds. The number of aromatic nitrogens is 1. The lowest BCUT2D eigenvalue weighted by Crippen LogP contribution is -2.03. The van der Waals surface area contributed by atoms with Crippen LogP contribution in [0.15, 0.2) is 18.7 Å². The summed E-state index contributed by atoms with van der Waals surface area (Å²) in [7, 11) is 0. The summed E-state index contributed by atoms with van der Waals surface area (Å²) < 4.78 is 0. The van der Waals surface area contributed by atoms with Gasteiger partial charge in [0, 0.05) is 11.3 Å². The van der Waals surface area contributed by atoms with E-state index in [1.165, 1.54) is 11.1 Å². The fourth-order valence-corrected chi connectivity index (χ4v) is 1.90. The molecule has 0 aliphatic rings. The van der Waals surface area contributed by atoms with Gasteiger partial charge in [-0.15, -0.1) is 0 Å². The van der Waals surface area contributed by atoms with Gasteiger partial charge >= 0.3 is 0 Å². The summed E-state index contributed by atoms with van der Waals surface area (Å²) in [6.07, 6.45) is 6.01.